The van der Waals surface area contributed by atoms with Crippen LogP contribution in [0.15, 0.2) is 59.1 Å². The minimum Gasteiger partial charge on any atom is -0.482 e. The van der Waals surface area contributed by atoms with Gasteiger partial charge in [0.25, 0.3) is 5.91 Å². The molecule has 0 fully saturated rings. The molecule has 6 heteroatoms. The maximum absolute atomic E-state index is 12.0. The lowest BCUT2D eigenvalue weighted by atomic mass is 10.3. The smallest absolute Gasteiger partial charge is 0.344 e. The van der Waals surface area contributed by atoms with Gasteiger partial charge in [0.15, 0.2) is 12.7 Å². The van der Waals surface area contributed by atoms with Crippen LogP contribution in [0, 0.1) is 0 Å². The van der Waals surface area contributed by atoms with Gasteiger partial charge in [-0.05, 0) is 43.3 Å². The van der Waals surface area contributed by atoms with Gasteiger partial charge in [-0.15, -0.1) is 0 Å². The van der Waals surface area contributed by atoms with Crippen molar-refractivity contribution in [1.29, 1.82) is 0 Å². The van der Waals surface area contributed by atoms with Crippen LogP contribution in [-0.2, 0) is 14.3 Å². The number of halogens is 1. The fourth-order valence-corrected chi connectivity index (χ4v) is 1.99. The van der Waals surface area contributed by atoms with Crippen molar-refractivity contribution in [3.63, 3.8) is 0 Å². The first-order chi connectivity index (χ1) is 11.0. The summed E-state index contributed by atoms with van der Waals surface area (Å²) in [5.74, 6) is -0.441. The molecule has 0 saturated carbocycles. The summed E-state index contributed by atoms with van der Waals surface area (Å²) < 4.78 is 11.2. The summed E-state index contributed by atoms with van der Waals surface area (Å²) in [6.45, 7) is 1.26. The van der Waals surface area contributed by atoms with Crippen LogP contribution in [0.4, 0.5) is 5.69 Å². The van der Waals surface area contributed by atoms with Gasteiger partial charge in [0.1, 0.15) is 5.75 Å². The van der Waals surface area contributed by atoms with Crippen LogP contribution in [0.3, 0.4) is 0 Å². The molecule has 0 unspecified atom stereocenters. The minimum absolute atomic E-state index is 0.250. The van der Waals surface area contributed by atoms with Gasteiger partial charge in [0.2, 0.25) is 0 Å². The number of ether oxygens (including phenoxy) is 2. The van der Waals surface area contributed by atoms with E-state index in [1.54, 1.807) is 48.5 Å². The Labute approximate surface area is 142 Å². The van der Waals surface area contributed by atoms with Crippen molar-refractivity contribution in [1.82, 2.24) is 0 Å². The molecular formula is C17H16BrNO4. The number of esters is 1. The zero-order valence-corrected chi connectivity index (χ0v) is 14.1. The van der Waals surface area contributed by atoms with Crippen LogP contribution in [0.2, 0.25) is 0 Å². The van der Waals surface area contributed by atoms with E-state index < -0.39 is 18.0 Å². The van der Waals surface area contributed by atoms with Crippen LogP contribution in [0.5, 0.6) is 5.75 Å². The Hall–Kier alpha value is -2.34. The van der Waals surface area contributed by atoms with E-state index in [9.17, 15) is 9.59 Å². The molecule has 0 aliphatic carbocycles. The van der Waals surface area contributed by atoms with Crippen molar-refractivity contribution in [3.05, 3.63) is 59.1 Å². The summed E-state index contributed by atoms with van der Waals surface area (Å²) in [5, 5.41) is 2.67. The molecule has 0 radical (unpaired) electrons. The number of amides is 1. The fraction of sp³-hybridized carbons (Fsp3) is 0.176. The fourth-order valence-electron chi connectivity index (χ4n) is 1.72. The molecule has 0 heterocycles. The van der Waals surface area contributed by atoms with Gasteiger partial charge >= 0.3 is 5.97 Å². The van der Waals surface area contributed by atoms with E-state index in [-0.39, 0.29) is 6.61 Å². The maximum Gasteiger partial charge on any atom is 0.344 e. The third kappa shape index (κ3) is 5.75. The van der Waals surface area contributed by atoms with Crippen molar-refractivity contribution in [3.8, 4) is 5.75 Å². The highest BCUT2D eigenvalue weighted by atomic mass is 79.9. The highest BCUT2D eigenvalue weighted by Gasteiger charge is 2.18. The van der Waals surface area contributed by atoms with Crippen molar-refractivity contribution in [2.75, 3.05) is 11.9 Å². The second kappa shape index (κ2) is 8.33. The number of hydrogen-bond donors (Lipinski definition) is 1. The van der Waals surface area contributed by atoms with Gasteiger partial charge in [-0.3, -0.25) is 4.79 Å². The van der Waals surface area contributed by atoms with Crippen LogP contribution < -0.4 is 10.1 Å². The van der Waals surface area contributed by atoms with Crippen molar-refractivity contribution < 1.29 is 19.1 Å². The van der Waals surface area contributed by atoms with Crippen molar-refractivity contribution >= 4 is 33.5 Å². The highest BCUT2D eigenvalue weighted by Crippen LogP contribution is 2.14. The molecule has 2 rings (SSSR count). The lowest BCUT2D eigenvalue weighted by Gasteiger charge is -2.14. The first-order valence-corrected chi connectivity index (χ1v) is 7.77. The van der Waals surface area contributed by atoms with Crippen LogP contribution >= 0.6 is 15.9 Å². The van der Waals surface area contributed by atoms with E-state index in [1.807, 2.05) is 6.07 Å². The molecule has 1 atom stereocenters. The average Bonchev–Trinajstić information content (AvgIpc) is 2.56. The van der Waals surface area contributed by atoms with Crippen molar-refractivity contribution in [2.24, 2.45) is 0 Å². The van der Waals surface area contributed by atoms with Gasteiger partial charge < -0.3 is 14.8 Å². The number of benzene rings is 2. The molecule has 0 spiro atoms. The van der Waals surface area contributed by atoms with Crippen molar-refractivity contribution in [2.45, 2.75) is 13.0 Å². The molecule has 0 aromatic heterocycles. The third-order valence-corrected chi connectivity index (χ3v) is 3.42. The number of anilines is 1. The molecule has 0 aliphatic rings. The van der Waals surface area contributed by atoms with E-state index in [2.05, 4.69) is 21.2 Å². The number of carbonyl (C=O) groups is 2. The zero-order chi connectivity index (χ0) is 16.7. The number of hydrogen-bond acceptors (Lipinski definition) is 4. The minimum atomic E-state index is -0.912. The number of para-hydroxylation sites is 1. The van der Waals surface area contributed by atoms with Crippen LogP contribution in [0.1, 0.15) is 6.92 Å². The molecule has 5 nitrogen and oxygen atoms in total. The average molecular weight is 378 g/mol. The zero-order valence-electron chi connectivity index (χ0n) is 12.5. The predicted molar refractivity (Wildman–Crippen MR) is 90.3 cm³/mol. The summed E-state index contributed by atoms with van der Waals surface area (Å²) in [5.41, 5.74) is 0.627. The van der Waals surface area contributed by atoms with Gasteiger partial charge in [0.05, 0.1) is 0 Å². The first-order valence-electron chi connectivity index (χ1n) is 6.98. The standard InChI is InChI=1S/C17H16BrNO4/c1-12(17(21)19-14-9-7-13(18)8-10-14)23-16(20)11-22-15-5-3-2-4-6-15/h2-10,12H,11H2,1H3,(H,19,21)/t12-/m0/s1. The molecule has 2 aromatic carbocycles. The SMILES string of the molecule is C[C@H](OC(=O)COc1ccccc1)C(=O)Nc1ccc(Br)cc1. The Morgan fingerprint density at radius 3 is 2.39 bits per heavy atom. The molecular weight excluding hydrogens is 362 g/mol. The Bertz CT molecular complexity index is 658. The van der Waals surface area contributed by atoms with Gasteiger partial charge in [-0.1, -0.05) is 34.1 Å². The Balaban J connectivity index is 1.78. The first kappa shape index (κ1) is 17.0. The quantitative estimate of drug-likeness (QED) is 0.783. The Morgan fingerprint density at radius 1 is 1.09 bits per heavy atom. The molecule has 1 N–H and O–H groups in total. The summed E-state index contributed by atoms with van der Waals surface area (Å²) in [7, 11) is 0. The van der Waals surface area contributed by atoms with E-state index in [1.165, 1.54) is 6.92 Å². The van der Waals surface area contributed by atoms with Gasteiger partial charge in [-0.25, -0.2) is 4.79 Å². The van der Waals surface area contributed by atoms with Gasteiger partial charge in [0, 0.05) is 10.2 Å². The molecule has 1 amide bonds. The van der Waals surface area contributed by atoms with E-state index in [0.29, 0.717) is 11.4 Å². The largest absolute Gasteiger partial charge is 0.482 e. The Kier molecular flexibility index (Phi) is 6.17. The normalized spacial score (nSPS) is 11.4. The van der Waals surface area contributed by atoms with E-state index >= 15 is 0 Å². The lowest BCUT2D eigenvalue weighted by molar-refractivity contribution is -0.155. The summed E-state index contributed by atoms with van der Waals surface area (Å²) in [6.07, 6.45) is -0.912. The van der Waals surface area contributed by atoms with E-state index in [4.69, 9.17) is 9.47 Å². The molecule has 0 aliphatic heterocycles. The molecule has 2 aromatic rings. The van der Waals surface area contributed by atoms with Crippen LogP contribution in [-0.4, -0.2) is 24.6 Å². The topological polar surface area (TPSA) is 64.6 Å². The number of carbonyl (C=O) groups excluding carboxylic acids is 2. The van der Waals surface area contributed by atoms with Gasteiger partial charge in [-0.2, -0.15) is 0 Å². The summed E-state index contributed by atoms with van der Waals surface area (Å²) in [4.78, 5) is 23.7. The second-order valence-corrected chi connectivity index (χ2v) is 5.65. The highest BCUT2D eigenvalue weighted by molar-refractivity contribution is 9.10. The molecule has 120 valence electrons. The lowest BCUT2D eigenvalue weighted by Crippen LogP contribution is -2.31. The van der Waals surface area contributed by atoms with E-state index in [0.717, 1.165) is 4.47 Å². The predicted octanol–water partition coefficient (Wildman–Crippen LogP) is 3.40. The maximum atomic E-state index is 12.0. The summed E-state index contributed by atoms with van der Waals surface area (Å²) in [6, 6.07) is 16.0. The summed E-state index contributed by atoms with van der Waals surface area (Å²) >= 11 is 3.31. The monoisotopic (exact) mass is 377 g/mol. The molecule has 0 saturated heterocycles. The van der Waals surface area contributed by atoms with Crippen LogP contribution in [0.25, 0.3) is 0 Å². The Morgan fingerprint density at radius 2 is 1.74 bits per heavy atom. The third-order valence-electron chi connectivity index (χ3n) is 2.89. The second-order valence-electron chi connectivity index (χ2n) is 4.73. The number of nitrogens with one attached hydrogen (secondary N) is 1. The molecule has 23 heavy (non-hydrogen) atoms. The molecule has 0 bridgehead atoms. The number of rotatable bonds is 6.